The lowest BCUT2D eigenvalue weighted by atomic mass is 10.1. The lowest BCUT2D eigenvalue weighted by molar-refractivity contribution is 0.0860. The van der Waals surface area contributed by atoms with Gasteiger partial charge in [-0.25, -0.2) is 0 Å². The number of amides is 1. The third-order valence-electron chi connectivity index (χ3n) is 2.70. The first-order valence-electron chi connectivity index (χ1n) is 5.78. The van der Waals surface area contributed by atoms with E-state index >= 15 is 0 Å². The van der Waals surface area contributed by atoms with Crippen LogP contribution in [0.3, 0.4) is 0 Å². The molecular weight excluding hydrogens is 232 g/mol. The molecule has 4 heteroatoms. The predicted octanol–water partition coefficient (Wildman–Crippen LogP) is 2.56. The normalized spacial score (nSPS) is 14.9. The van der Waals surface area contributed by atoms with Crippen LogP contribution in [0.2, 0.25) is 0 Å². The summed E-state index contributed by atoms with van der Waals surface area (Å²) in [6.07, 6.45) is 0. The molecule has 17 heavy (non-hydrogen) atoms. The van der Waals surface area contributed by atoms with Crippen LogP contribution >= 0.6 is 11.8 Å². The van der Waals surface area contributed by atoms with Crippen LogP contribution in [0.4, 0.5) is 0 Å². The van der Waals surface area contributed by atoms with Crippen molar-refractivity contribution in [1.82, 2.24) is 4.90 Å². The summed E-state index contributed by atoms with van der Waals surface area (Å²) >= 11 is 1.63. The third kappa shape index (κ3) is 2.52. The Bertz CT molecular complexity index is 456. The largest absolute Gasteiger partial charge is 0.286 e. The van der Waals surface area contributed by atoms with Crippen LogP contribution in [0.1, 0.15) is 22.8 Å². The molecule has 0 aliphatic carbocycles. The molecule has 2 rings (SSSR count). The van der Waals surface area contributed by atoms with E-state index in [4.69, 9.17) is 0 Å². The first-order chi connectivity index (χ1) is 8.24. The monoisotopic (exact) mass is 248 g/mol. The standard InChI is InChI=1S/C13H16N2OS/c1-3-17-13-14-8-9-15(13)12(16)11-7-5-4-6-10(11)2/h4-7H,3,8-9H2,1-2H3. The summed E-state index contributed by atoms with van der Waals surface area (Å²) in [5, 5.41) is 0.862. The van der Waals surface area contributed by atoms with E-state index in [-0.39, 0.29) is 5.91 Å². The van der Waals surface area contributed by atoms with E-state index in [1.54, 1.807) is 16.7 Å². The van der Waals surface area contributed by atoms with Crippen LogP contribution < -0.4 is 0 Å². The second kappa shape index (κ2) is 5.36. The minimum absolute atomic E-state index is 0.0697. The second-order valence-corrected chi connectivity index (χ2v) is 5.10. The summed E-state index contributed by atoms with van der Waals surface area (Å²) in [6.45, 7) is 5.46. The Balaban J connectivity index is 2.21. The van der Waals surface area contributed by atoms with Crippen LogP contribution in [-0.4, -0.2) is 34.8 Å². The van der Waals surface area contributed by atoms with Crippen LogP contribution in [0.5, 0.6) is 0 Å². The molecule has 0 saturated carbocycles. The molecule has 0 radical (unpaired) electrons. The molecule has 0 N–H and O–H groups in total. The zero-order chi connectivity index (χ0) is 12.3. The molecule has 1 amide bonds. The van der Waals surface area contributed by atoms with Crippen molar-refractivity contribution in [3.8, 4) is 0 Å². The summed E-state index contributed by atoms with van der Waals surface area (Å²) in [4.78, 5) is 18.5. The highest BCUT2D eigenvalue weighted by Gasteiger charge is 2.25. The maximum absolute atomic E-state index is 12.4. The predicted molar refractivity (Wildman–Crippen MR) is 72.6 cm³/mol. The number of nitrogens with zero attached hydrogens (tertiary/aromatic N) is 2. The zero-order valence-corrected chi connectivity index (χ0v) is 11.0. The van der Waals surface area contributed by atoms with Gasteiger partial charge in [0, 0.05) is 12.1 Å². The van der Waals surface area contributed by atoms with E-state index < -0.39 is 0 Å². The Morgan fingerprint density at radius 1 is 1.47 bits per heavy atom. The molecular formula is C13H16N2OS. The minimum atomic E-state index is 0.0697. The van der Waals surface area contributed by atoms with Gasteiger partial charge < -0.3 is 0 Å². The van der Waals surface area contributed by atoms with E-state index in [0.29, 0.717) is 6.54 Å². The van der Waals surface area contributed by atoms with E-state index in [1.165, 1.54) is 0 Å². The SMILES string of the molecule is CCSC1=NCCN1C(=O)c1ccccc1C. The molecule has 0 unspecified atom stereocenters. The van der Waals surface area contributed by atoms with E-state index in [9.17, 15) is 4.79 Å². The van der Waals surface area contributed by atoms with Gasteiger partial charge in [0.15, 0.2) is 5.17 Å². The number of thioether (sulfide) groups is 1. The van der Waals surface area contributed by atoms with Crippen molar-refractivity contribution in [2.75, 3.05) is 18.8 Å². The van der Waals surface area contributed by atoms with Gasteiger partial charge >= 0.3 is 0 Å². The minimum Gasteiger partial charge on any atom is -0.286 e. The fourth-order valence-electron chi connectivity index (χ4n) is 1.83. The molecule has 0 aromatic heterocycles. The maximum Gasteiger partial charge on any atom is 0.260 e. The molecule has 0 fully saturated rings. The fraction of sp³-hybridized carbons (Fsp3) is 0.385. The van der Waals surface area contributed by atoms with Crippen molar-refractivity contribution in [1.29, 1.82) is 0 Å². The summed E-state index contributed by atoms with van der Waals surface area (Å²) in [5.41, 5.74) is 1.80. The van der Waals surface area contributed by atoms with Crippen molar-refractivity contribution in [2.45, 2.75) is 13.8 Å². The van der Waals surface area contributed by atoms with E-state index in [0.717, 1.165) is 28.6 Å². The molecule has 1 aromatic rings. The molecule has 90 valence electrons. The van der Waals surface area contributed by atoms with Crippen molar-refractivity contribution in [3.63, 3.8) is 0 Å². The van der Waals surface area contributed by atoms with Gasteiger partial charge in [0.25, 0.3) is 5.91 Å². The number of amidine groups is 1. The molecule has 0 bridgehead atoms. The van der Waals surface area contributed by atoms with E-state index in [1.807, 2.05) is 31.2 Å². The summed E-state index contributed by atoms with van der Waals surface area (Å²) < 4.78 is 0. The molecule has 1 aliphatic rings. The van der Waals surface area contributed by atoms with E-state index in [2.05, 4.69) is 11.9 Å². The van der Waals surface area contributed by atoms with Crippen molar-refractivity contribution >= 4 is 22.8 Å². The number of aryl methyl sites for hydroxylation is 1. The Kier molecular flexibility index (Phi) is 3.84. The molecule has 1 aliphatic heterocycles. The maximum atomic E-state index is 12.4. The Morgan fingerprint density at radius 2 is 2.24 bits per heavy atom. The molecule has 1 aromatic carbocycles. The lowest BCUT2D eigenvalue weighted by Gasteiger charge is -2.18. The quantitative estimate of drug-likeness (QED) is 0.805. The first-order valence-corrected chi connectivity index (χ1v) is 6.77. The molecule has 0 atom stereocenters. The number of benzene rings is 1. The highest BCUT2D eigenvalue weighted by atomic mass is 32.2. The fourth-order valence-corrected chi connectivity index (χ4v) is 2.60. The van der Waals surface area contributed by atoms with Gasteiger partial charge in [-0.05, 0) is 24.3 Å². The van der Waals surface area contributed by atoms with Gasteiger partial charge in [0.2, 0.25) is 0 Å². The number of carbonyl (C=O) groups is 1. The number of hydrogen-bond acceptors (Lipinski definition) is 3. The Morgan fingerprint density at radius 3 is 2.94 bits per heavy atom. The highest BCUT2D eigenvalue weighted by molar-refractivity contribution is 8.13. The average Bonchev–Trinajstić information content (AvgIpc) is 2.78. The molecule has 1 heterocycles. The first kappa shape index (κ1) is 12.2. The van der Waals surface area contributed by atoms with Crippen molar-refractivity contribution < 1.29 is 4.79 Å². The van der Waals surface area contributed by atoms with Gasteiger partial charge in [0.1, 0.15) is 0 Å². The number of carbonyl (C=O) groups excluding carboxylic acids is 1. The Labute approximate surface area is 106 Å². The van der Waals surface area contributed by atoms with Gasteiger partial charge in [-0.15, -0.1) is 0 Å². The van der Waals surface area contributed by atoms with Crippen LogP contribution in [-0.2, 0) is 0 Å². The van der Waals surface area contributed by atoms with Crippen LogP contribution in [0.15, 0.2) is 29.3 Å². The number of aliphatic imine (C=N–C) groups is 1. The van der Waals surface area contributed by atoms with Gasteiger partial charge in [-0.1, -0.05) is 36.9 Å². The van der Waals surface area contributed by atoms with Crippen molar-refractivity contribution in [2.24, 2.45) is 4.99 Å². The van der Waals surface area contributed by atoms with Crippen molar-refractivity contribution in [3.05, 3.63) is 35.4 Å². The van der Waals surface area contributed by atoms with Gasteiger partial charge in [-0.2, -0.15) is 0 Å². The van der Waals surface area contributed by atoms with Crippen LogP contribution in [0, 0.1) is 6.92 Å². The summed E-state index contributed by atoms with van der Waals surface area (Å²) in [5.74, 6) is 1.01. The topological polar surface area (TPSA) is 32.7 Å². The second-order valence-electron chi connectivity index (χ2n) is 3.87. The Hall–Kier alpha value is -1.29. The number of rotatable bonds is 2. The molecule has 3 nitrogen and oxygen atoms in total. The molecule has 0 spiro atoms. The lowest BCUT2D eigenvalue weighted by Crippen LogP contribution is -2.33. The summed E-state index contributed by atoms with van der Waals surface area (Å²) in [6, 6.07) is 7.70. The third-order valence-corrected chi connectivity index (χ3v) is 3.59. The van der Waals surface area contributed by atoms with Crippen LogP contribution in [0.25, 0.3) is 0 Å². The van der Waals surface area contributed by atoms with Gasteiger partial charge in [0.05, 0.1) is 6.54 Å². The zero-order valence-electron chi connectivity index (χ0n) is 10.1. The highest BCUT2D eigenvalue weighted by Crippen LogP contribution is 2.18. The average molecular weight is 248 g/mol. The number of hydrogen-bond donors (Lipinski definition) is 0. The van der Waals surface area contributed by atoms with Gasteiger partial charge in [-0.3, -0.25) is 14.7 Å². The summed E-state index contributed by atoms with van der Waals surface area (Å²) in [7, 11) is 0. The molecule has 0 saturated heterocycles. The smallest absolute Gasteiger partial charge is 0.260 e.